The summed E-state index contributed by atoms with van der Waals surface area (Å²) in [4.78, 5) is 25.0. The highest BCUT2D eigenvalue weighted by atomic mass is 32.1. The molecule has 0 heterocycles. The minimum absolute atomic E-state index is 0.0894. The van der Waals surface area contributed by atoms with Gasteiger partial charge in [-0.05, 0) is 48.1 Å². The van der Waals surface area contributed by atoms with Crippen LogP contribution in [0.3, 0.4) is 0 Å². The van der Waals surface area contributed by atoms with E-state index in [-0.39, 0.29) is 23.0 Å². The summed E-state index contributed by atoms with van der Waals surface area (Å²) in [7, 11) is 4.42. The molecule has 0 saturated carbocycles. The van der Waals surface area contributed by atoms with Crippen molar-refractivity contribution in [1.29, 1.82) is 0 Å². The molecular formula is C25H25N3O5S. The fourth-order valence-corrected chi connectivity index (χ4v) is 3.42. The summed E-state index contributed by atoms with van der Waals surface area (Å²) in [6.07, 6.45) is 0.266. The zero-order valence-electron chi connectivity index (χ0n) is 19.0. The lowest BCUT2D eigenvalue weighted by Crippen LogP contribution is -2.34. The highest BCUT2D eigenvalue weighted by Gasteiger charge is 2.17. The molecule has 0 aliphatic carbocycles. The van der Waals surface area contributed by atoms with Crippen LogP contribution in [0.2, 0.25) is 0 Å². The third-order valence-corrected chi connectivity index (χ3v) is 4.97. The normalized spacial score (nSPS) is 10.1. The van der Waals surface area contributed by atoms with E-state index in [1.54, 1.807) is 24.3 Å². The van der Waals surface area contributed by atoms with Gasteiger partial charge >= 0.3 is 0 Å². The summed E-state index contributed by atoms with van der Waals surface area (Å²) < 4.78 is 15.8. The Morgan fingerprint density at radius 2 is 1.41 bits per heavy atom. The molecule has 0 atom stereocenters. The summed E-state index contributed by atoms with van der Waals surface area (Å²) in [5.74, 6) is 0.494. The van der Waals surface area contributed by atoms with Gasteiger partial charge in [0.05, 0.1) is 27.8 Å². The number of benzene rings is 3. The molecule has 0 fully saturated rings. The van der Waals surface area contributed by atoms with E-state index in [0.717, 1.165) is 5.56 Å². The van der Waals surface area contributed by atoms with E-state index >= 15 is 0 Å². The van der Waals surface area contributed by atoms with E-state index in [0.29, 0.717) is 28.6 Å². The molecule has 3 aromatic rings. The van der Waals surface area contributed by atoms with Crippen LogP contribution in [0.15, 0.2) is 66.7 Å². The molecule has 3 aromatic carbocycles. The first kappa shape index (κ1) is 24.5. The first-order chi connectivity index (χ1) is 16.4. The van der Waals surface area contributed by atoms with Gasteiger partial charge in [-0.25, -0.2) is 0 Å². The summed E-state index contributed by atoms with van der Waals surface area (Å²) in [5, 5.41) is 8.51. The van der Waals surface area contributed by atoms with E-state index in [1.165, 1.54) is 33.5 Å². The number of amides is 2. The van der Waals surface area contributed by atoms with Gasteiger partial charge in [0.2, 0.25) is 11.7 Å². The minimum atomic E-state index is -0.455. The number of methoxy groups -OCH3 is 3. The second-order valence-electron chi connectivity index (χ2n) is 7.11. The molecule has 3 N–H and O–H groups in total. The van der Waals surface area contributed by atoms with Gasteiger partial charge in [-0.2, -0.15) is 0 Å². The van der Waals surface area contributed by atoms with Crippen molar-refractivity contribution in [2.75, 3.05) is 32.0 Å². The second-order valence-corrected chi connectivity index (χ2v) is 7.52. The molecule has 8 nitrogen and oxygen atoms in total. The monoisotopic (exact) mass is 479 g/mol. The highest BCUT2D eigenvalue weighted by molar-refractivity contribution is 7.80. The Morgan fingerprint density at radius 3 is 2.00 bits per heavy atom. The Balaban J connectivity index is 1.63. The summed E-state index contributed by atoms with van der Waals surface area (Å²) in [6.45, 7) is 0. The van der Waals surface area contributed by atoms with Crippen LogP contribution >= 0.6 is 12.2 Å². The van der Waals surface area contributed by atoms with Gasteiger partial charge in [0.15, 0.2) is 16.6 Å². The van der Waals surface area contributed by atoms with Gasteiger partial charge < -0.3 is 24.8 Å². The zero-order chi connectivity index (χ0) is 24.5. The Kier molecular flexibility index (Phi) is 8.42. The van der Waals surface area contributed by atoms with Gasteiger partial charge in [-0.15, -0.1) is 0 Å². The maximum atomic E-state index is 12.7. The molecule has 0 aliphatic rings. The number of carbonyl (C=O) groups is 2. The molecule has 0 aliphatic heterocycles. The predicted octanol–water partition coefficient (Wildman–Crippen LogP) is 4.02. The molecule has 34 heavy (non-hydrogen) atoms. The van der Waals surface area contributed by atoms with Crippen LogP contribution < -0.4 is 30.2 Å². The number of hydrogen-bond acceptors (Lipinski definition) is 6. The fraction of sp³-hybridized carbons (Fsp3) is 0.160. The molecule has 176 valence electrons. The number of nitrogens with one attached hydrogen (secondary N) is 3. The van der Waals surface area contributed by atoms with Gasteiger partial charge in [-0.3, -0.25) is 14.9 Å². The van der Waals surface area contributed by atoms with E-state index in [9.17, 15) is 9.59 Å². The molecule has 2 amide bonds. The van der Waals surface area contributed by atoms with Gasteiger partial charge in [0.25, 0.3) is 5.91 Å². The van der Waals surface area contributed by atoms with Crippen molar-refractivity contribution in [1.82, 2.24) is 5.32 Å². The third-order valence-electron chi connectivity index (χ3n) is 4.77. The molecule has 0 saturated heterocycles. The number of hydrogen-bond donors (Lipinski definition) is 3. The molecule has 0 unspecified atom stereocenters. The van der Waals surface area contributed by atoms with Crippen LogP contribution in [0.1, 0.15) is 15.9 Å². The maximum Gasteiger partial charge on any atom is 0.257 e. The van der Waals surface area contributed by atoms with E-state index in [1.807, 2.05) is 30.3 Å². The summed E-state index contributed by atoms with van der Waals surface area (Å²) in [5.41, 5.74) is 2.41. The molecule has 0 spiro atoms. The maximum absolute atomic E-state index is 12.7. The van der Waals surface area contributed by atoms with Crippen LogP contribution in [-0.2, 0) is 11.2 Å². The average molecular weight is 480 g/mol. The van der Waals surface area contributed by atoms with E-state index in [4.69, 9.17) is 26.4 Å². The quantitative estimate of drug-likeness (QED) is 0.420. The predicted molar refractivity (Wildman–Crippen MR) is 135 cm³/mol. The van der Waals surface area contributed by atoms with Crippen molar-refractivity contribution < 1.29 is 23.8 Å². The Hall–Kier alpha value is -4.11. The second kappa shape index (κ2) is 11.7. The van der Waals surface area contributed by atoms with E-state index < -0.39 is 5.91 Å². The fourth-order valence-electron chi connectivity index (χ4n) is 3.21. The van der Waals surface area contributed by atoms with Crippen molar-refractivity contribution in [2.45, 2.75) is 6.42 Å². The van der Waals surface area contributed by atoms with Crippen LogP contribution in [0, 0.1) is 0 Å². The number of rotatable bonds is 8. The first-order valence-corrected chi connectivity index (χ1v) is 10.7. The Bertz CT molecular complexity index is 1160. The largest absolute Gasteiger partial charge is 0.493 e. The number of thiocarbonyl (C=S) groups is 1. The topological polar surface area (TPSA) is 97.9 Å². The van der Waals surface area contributed by atoms with E-state index in [2.05, 4.69) is 16.0 Å². The highest BCUT2D eigenvalue weighted by Crippen LogP contribution is 2.38. The molecule has 0 bridgehead atoms. The lowest BCUT2D eigenvalue weighted by Gasteiger charge is -2.15. The van der Waals surface area contributed by atoms with Crippen molar-refractivity contribution in [3.05, 3.63) is 77.9 Å². The molecule has 3 rings (SSSR count). The minimum Gasteiger partial charge on any atom is -0.493 e. The SMILES string of the molecule is COc1cc(C(=O)NC(=S)Nc2cccc(NC(=O)Cc3ccccc3)c2)cc(OC)c1OC. The summed E-state index contributed by atoms with van der Waals surface area (Å²) in [6, 6.07) is 19.6. The Labute approximate surface area is 203 Å². The van der Waals surface area contributed by atoms with Crippen molar-refractivity contribution in [2.24, 2.45) is 0 Å². The standard InChI is InChI=1S/C25H25N3O5S/c1-31-20-13-17(14-21(32-2)23(20)33-3)24(30)28-25(34)27-19-11-7-10-18(15-19)26-22(29)12-16-8-5-4-6-9-16/h4-11,13-15H,12H2,1-3H3,(H,26,29)(H2,27,28,30,34). The average Bonchev–Trinajstić information content (AvgIpc) is 2.83. The van der Waals surface area contributed by atoms with Crippen molar-refractivity contribution in [3.63, 3.8) is 0 Å². The number of ether oxygens (including phenoxy) is 3. The lowest BCUT2D eigenvalue weighted by atomic mass is 10.1. The van der Waals surface area contributed by atoms with Crippen LogP contribution in [0.25, 0.3) is 0 Å². The van der Waals surface area contributed by atoms with Crippen LogP contribution in [0.4, 0.5) is 11.4 Å². The molecule has 9 heteroatoms. The first-order valence-electron chi connectivity index (χ1n) is 10.3. The number of anilines is 2. The third kappa shape index (κ3) is 6.46. The number of carbonyl (C=O) groups excluding carboxylic acids is 2. The molecular weight excluding hydrogens is 454 g/mol. The van der Waals surface area contributed by atoms with Crippen molar-refractivity contribution >= 4 is 40.5 Å². The Morgan fingerprint density at radius 1 is 0.794 bits per heavy atom. The summed E-state index contributed by atoms with van der Waals surface area (Å²) >= 11 is 5.28. The molecule has 0 radical (unpaired) electrons. The molecule has 0 aromatic heterocycles. The smallest absolute Gasteiger partial charge is 0.257 e. The lowest BCUT2D eigenvalue weighted by molar-refractivity contribution is -0.115. The van der Waals surface area contributed by atoms with Crippen molar-refractivity contribution in [3.8, 4) is 17.2 Å². The van der Waals surface area contributed by atoms with Crippen LogP contribution in [-0.4, -0.2) is 38.3 Å². The van der Waals surface area contributed by atoms with Crippen LogP contribution in [0.5, 0.6) is 17.2 Å². The van der Waals surface area contributed by atoms with Gasteiger partial charge in [-0.1, -0.05) is 36.4 Å². The van der Waals surface area contributed by atoms with Gasteiger partial charge in [0, 0.05) is 16.9 Å². The van der Waals surface area contributed by atoms with Gasteiger partial charge in [0.1, 0.15) is 0 Å². The zero-order valence-corrected chi connectivity index (χ0v) is 19.8.